The molecule has 33 heavy (non-hydrogen) atoms. The van der Waals surface area contributed by atoms with Crippen LogP contribution >= 0.6 is 15.9 Å². The fourth-order valence-corrected chi connectivity index (χ4v) is 4.96. The Morgan fingerprint density at radius 1 is 1.24 bits per heavy atom. The van der Waals surface area contributed by atoms with Gasteiger partial charge in [0.05, 0.1) is 6.54 Å². The smallest absolute Gasteiger partial charge is 0.414 e. The molecular formula is C24H30BrN5O3. The van der Waals surface area contributed by atoms with Crippen molar-refractivity contribution in [1.29, 1.82) is 0 Å². The normalized spacial score (nSPS) is 26.0. The summed E-state index contributed by atoms with van der Waals surface area (Å²) in [6, 6.07) is 5.95. The predicted octanol–water partition coefficient (Wildman–Crippen LogP) is 3.18. The van der Waals surface area contributed by atoms with E-state index >= 15 is 0 Å². The molecule has 0 radical (unpaired) electrons. The number of hydrogen-bond donors (Lipinski definition) is 1. The van der Waals surface area contributed by atoms with Crippen LogP contribution in [0.1, 0.15) is 12.0 Å². The molecule has 1 amide bonds. The summed E-state index contributed by atoms with van der Waals surface area (Å²) < 4.78 is 12.2. The monoisotopic (exact) mass is 515 g/mol. The van der Waals surface area contributed by atoms with Crippen molar-refractivity contribution in [3.05, 3.63) is 64.1 Å². The standard InChI is InChI=1S/C24H30BrN5O3/c1-17-14-19(6-7-21(17)25)29-16-20(33-24(29)31)15-27-10-12-28(13-11-27)30-9-3-4-18-5-8-22(32-2)26-23(18)30/h3,5-9,14,20,22,26H,4,10-13,15-16H2,1-2H3/t20?,22-/m1/s1. The van der Waals surface area contributed by atoms with Gasteiger partial charge in [0.15, 0.2) is 0 Å². The van der Waals surface area contributed by atoms with Gasteiger partial charge < -0.3 is 14.8 Å². The van der Waals surface area contributed by atoms with Gasteiger partial charge >= 0.3 is 6.09 Å². The highest BCUT2D eigenvalue weighted by atomic mass is 79.9. The zero-order valence-corrected chi connectivity index (χ0v) is 20.6. The SMILES string of the molecule is CO[C@@H]1C=CC2=C(N1)N(N1CCN(CC3CN(c4ccc(Br)c(C)c4)C(=O)O3)CC1)C=CC2. The van der Waals surface area contributed by atoms with Gasteiger partial charge in [0.2, 0.25) is 0 Å². The van der Waals surface area contributed by atoms with Crippen LogP contribution in [0, 0.1) is 6.92 Å². The number of anilines is 1. The van der Waals surface area contributed by atoms with Crippen LogP contribution in [-0.4, -0.2) is 79.7 Å². The number of rotatable bonds is 5. The van der Waals surface area contributed by atoms with E-state index in [1.807, 2.05) is 25.1 Å². The molecule has 9 heteroatoms. The third-order valence-corrected chi connectivity index (χ3v) is 7.46. The Kier molecular flexibility index (Phi) is 6.47. The summed E-state index contributed by atoms with van der Waals surface area (Å²) >= 11 is 3.52. The van der Waals surface area contributed by atoms with Crippen molar-refractivity contribution >= 4 is 27.7 Å². The fourth-order valence-electron chi connectivity index (χ4n) is 4.71. The first-order valence-corrected chi connectivity index (χ1v) is 12.2. The molecular weight excluding hydrogens is 486 g/mol. The molecule has 1 N–H and O–H groups in total. The number of ether oxygens (including phenoxy) is 2. The maximum atomic E-state index is 12.5. The van der Waals surface area contributed by atoms with E-state index in [1.54, 1.807) is 12.0 Å². The van der Waals surface area contributed by atoms with Crippen molar-refractivity contribution in [3.63, 3.8) is 0 Å². The molecule has 0 spiro atoms. The van der Waals surface area contributed by atoms with E-state index in [4.69, 9.17) is 9.47 Å². The van der Waals surface area contributed by atoms with Gasteiger partial charge in [0.1, 0.15) is 18.2 Å². The Morgan fingerprint density at radius 3 is 2.82 bits per heavy atom. The number of carbonyl (C=O) groups is 1. The zero-order chi connectivity index (χ0) is 22.9. The number of carbonyl (C=O) groups excluding carboxylic acids is 1. The van der Waals surface area contributed by atoms with Gasteiger partial charge in [-0.25, -0.2) is 9.80 Å². The summed E-state index contributed by atoms with van der Waals surface area (Å²) in [6.45, 7) is 7.00. The van der Waals surface area contributed by atoms with Crippen LogP contribution in [0.15, 0.2) is 58.5 Å². The molecule has 0 aromatic heterocycles. The van der Waals surface area contributed by atoms with E-state index in [0.29, 0.717) is 6.54 Å². The minimum Gasteiger partial charge on any atom is -0.443 e. The number of dihydropyridines is 1. The van der Waals surface area contributed by atoms with Crippen LogP contribution in [0.4, 0.5) is 10.5 Å². The summed E-state index contributed by atoms with van der Waals surface area (Å²) in [5, 5.41) is 8.06. The molecule has 4 heterocycles. The third kappa shape index (κ3) is 4.68. The molecule has 5 rings (SSSR count). The summed E-state index contributed by atoms with van der Waals surface area (Å²) in [5.74, 6) is 1.10. The highest BCUT2D eigenvalue weighted by molar-refractivity contribution is 9.10. The van der Waals surface area contributed by atoms with E-state index in [2.05, 4.69) is 60.6 Å². The van der Waals surface area contributed by atoms with Gasteiger partial charge in [-0.3, -0.25) is 14.8 Å². The first-order chi connectivity index (χ1) is 16.0. The molecule has 0 bridgehead atoms. The molecule has 0 saturated carbocycles. The van der Waals surface area contributed by atoms with Gasteiger partial charge in [-0.05, 0) is 48.8 Å². The van der Waals surface area contributed by atoms with Gasteiger partial charge in [-0.15, -0.1) is 0 Å². The van der Waals surface area contributed by atoms with Crippen LogP contribution in [-0.2, 0) is 9.47 Å². The number of cyclic esters (lactones) is 1. The third-order valence-electron chi connectivity index (χ3n) is 6.57. The maximum absolute atomic E-state index is 12.5. The first kappa shape index (κ1) is 22.5. The largest absolute Gasteiger partial charge is 0.443 e. The molecule has 4 aliphatic heterocycles. The molecule has 0 aliphatic carbocycles. The lowest BCUT2D eigenvalue weighted by atomic mass is 10.1. The summed E-state index contributed by atoms with van der Waals surface area (Å²) in [7, 11) is 1.71. The average Bonchev–Trinajstić information content (AvgIpc) is 3.20. The number of halogens is 1. The molecule has 1 unspecified atom stereocenters. The van der Waals surface area contributed by atoms with Crippen molar-refractivity contribution in [1.82, 2.24) is 20.2 Å². The van der Waals surface area contributed by atoms with Crippen LogP contribution < -0.4 is 10.2 Å². The number of nitrogens with one attached hydrogen (secondary N) is 1. The lowest BCUT2D eigenvalue weighted by Crippen LogP contribution is -2.55. The zero-order valence-electron chi connectivity index (χ0n) is 19.0. The lowest BCUT2D eigenvalue weighted by molar-refractivity contribution is -0.0192. The molecule has 2 atom stereocenters. The summed E-state index contributed by atoms with van der Waals surface area (Å²) in [6.07, 6.45) is 8.98. The average molecular weight is 516 g/mol. The van der Waals surface area contributed by atoms with E-state index in [0.717, 1.165) is 60.7 Å². The number of nitrogens with zero attached hydrogens (tertiary/aromatic N) is 4. The molecule has 1 aromatic carbocycles. The molecule has 2 fully saturated rings. The maximum Gasteiger partial charge on any atom is 0.414 e. The fraction of sp³-hybridized carbons (Fsp3) is 0.458. The minimum absolute atomic E-state index is 0.103. The van der Waals surface area contributed by atoms with Gasteiger partial charge in [-0.1, -0.05) is 28.1 Å². The van der Waals surface area contributed by atoms with Crippen LogP contribution in [0.2, 0.25) is 0 Å². The Labute approximate surface area is 203 Å². The van der Waals surface area contributed by atoms with E-state index in [-0.39, 0.29) is 18.4 Å². The Hall–Kier alpha value is -2.33. The van der Waals surface area contributed by atoms with E-state index in [1.165, 1.54) is 5.57 Å². The number of benzene rings is 1. The molecule has 176 valence electrons. The number of hydrogen-bond acceptors (Lipinski definition) is 7. The molecule has 2 saturated heterocycles. The first-order valence-electron chi connectivity index (χ1n) is 11.4. The quantitative estimate of drug-likeness (QED) is 0.646. The number of amides is 1. The number of methoxy groups -OCH3 is 1. The second-order valence-corrected chi connectivity index (χ2v) is 9.63. The van der Waals surface area contributed by atoms with Crippen molar-refractivity contribution < 1.29 is 14.3 Å². The van der Waals surface area contributed by atoms with Gasteiger partial charge in [0, 0.05) is 56.2 Å². The Morgan fingerprint density at radius 2 is 2.06 bits per heavy atom. The van der Waals surface area contributed by atoms with Crippen LogP contribution in [0.25, 0.3) is 0 Å². The molecule has 1 aromatic rings. The topological polar surface area (TPSA) is 60.5 Å². The number of allylic oxidation sites excluding steroid dienone is 3. The van der Waals surface area contributed by atoms with E-state index < -0.39 is 0 Å². The number of aryl methyl sites for hydroxylation is 1. The Bertz CT molecular complexity index is 1000. The van der Waals surface area contributed by atoms with Gasteiger partial charge in [-0.2, -0.15) is 0 Å². The van der Waals surface area contributed by atoms with Crippen LogP contribution in [0.3, 0.4) is 0 Å². The molecule has 4 aliphatic rings. The van der Waals surface area contributed by atoms with Crippen molar-refractivity contribution in [2.45, 2.75) is 25.7 Å². The summed E-state index contributed by atoms with van der Waals surface area (Å²) in [5.41, 5.74) is 3.26. The number of piperazine rings is 1. The van der Waals surface area contributed by atoms with E-state index in [9.17, 15) is 4.79 Å². The highest BCUT2D eigenvalue weighted by Gasteiger charge is 2.35. The second-order valence-electron chi connectivity index (χ2n) is 8.77. The lowest BCUT2D eigenvalue weighted by Gasteiger charge is -2.44. The van der Waals surface area contributed by atoms with Crippen LogP contribution in [0.5, 0.6) is 0 Å². The Balaban J connectivity index is 1.16. The van der Waals surface area contributed by atoms with Crippen molar-refractivity contribution in [3.8, 4) is 0 Å². The molecule has 8 nitrogen and oxygen atoms in total. The predicted molar refractivity (Wildman–Crippen MR) is 130 cm³/mol. The minimum atomic E-state index is -0.262. The van der Waals surface area contributed by atoms with Crippen molar-refractivity contribution in [2.75, 3.05) is 51.3 Å². The highest BCUT2D eigenvalue weighted by Crippen LogP contribution is 2.28. The number of hydrazine groups is 1. The van der Waals surface area contributed by atoms with Gasteiger partial charge in [0.25, 0.3) is 0 Å². The summed E-state index contributed by atoms with van der Waals surface area (Å²) in [4.78, 5) is 16.6. The van der Waals surface area contributed by atoms with Crippen molar-refractivity contribution in [2.24, 2.45) is 0 Å². The second kappa shape index (κ2) is 9.50.